The minimum atomic E-state index is -4.63. The molecule has 2 aromatic heterocycles. The van der Waals surface area contributed by atoms with Crippen molar-refractivity contribution in [1.82, 2.24) is 19.7 Å². The van der Waals surface area contributed by atoms with Gasteiger partial charge in [-0.2, -0.15) is 13.2 Å². The molecule has 2 heterocycles. The number of hydrogen-bond donors (Lipinski definition) is 0. The van der Waals surface area contributed by atoms with Gasteiger partial charge in [0.1, 0.15) is 11.3 Å². The van der Waals surface area contributed by atoms with Gasteiger partial charge in [0.05, 0.1) is 26.1 Å². The fourth-order valence-corrected chi connectivity index (χ4v) is 1.58. The standard InChI is InChI=1S/C12H11F3N4O3/c1-3-22-10(20)8-6-19(18-9(8)21-2)7-4-16-11(17-5-7)12(13,14)15/h4-6H,3H2,1-2H3. The second-order valence-corrected chi connectivity index (χ2v) is 3.98. The lowest BCUT2D eigenvalue weighted by Gasteiger charge is -2.05. The summed E-state index contributed by atoms with van der Waals surface area (Å²) in [5.74, 6) is -1.93. The largest absolute Gasteiger partial charge is 0.479 e. The van der Waals surface area contributed by atoms with Gasteiger partial charge in [-0.3, -0.25) is 0 Å². The Morgan fingerprint density at radius 1 is 1.32 bits per heavy atom. The summed E-state index contributed by atoms with van der Waals surface area (Å²) in [7, 11) is 1.30. The van der Waals surface area contributed by atoms with E-state index in [0.29, 0.717) is 0 Å². The second-order valence-electron chi connectivity index (χ2n) is 3.98. The van der Waals surface area contributed by atoms with E-state index in [1.807, 2.05) is 0 Å². The van der Waals surface area contributed by atoms with Gasteiger partial charge in [-0.15, -0.1) is 5.10 Å². The summed E-state index contributed by atoms with van der Waals surface area (Å²) in [5, 5.41) is 3.93. The molecule has 0 radical (unpaired) electrons. The van der Waals surface area contributed by atoms with Crippen molar-refractivity contribution >= 4 is 5.97 Å². The lowest BCUT2D eigenvalue weighted by Crippen LogP contribution is -2.11. The molecule has 0 aromatic carbocycles. The van der Waals surface area contributed by atoms with Crippen LogP contribution < -0.4 is 4.74 Å². The van der Waals surface area contributed by atoms with E-state index in [1.54, 1.807) is 6.92 Å². The van der Waals surface area contributed by atoms with E-state index < -0.39 is 18.0 Å². The molecule has 0 bridgehead atoms. The van der Waals surface area contributed by atoms with Gasteiger partial charge in [0.2, 0.25) is 11.7 Å². The molecule has 0 saturated heterocycles. The topological polar surface area (TPSA) is 79.1 Å². The highest BCUT2D eigenvalue weighted by atomic mass is 19.4. The number of esters is 1. The maximum absolute atomic E-state index is 12.4. The monoisotopic (exact) mass is 316 g/mol. The van der Waals surface area contributed by atoms with Gasteiger partial charge < -0.3 is 9.47 Å². The Balaban J connectivity index is 2.35. The Morgan fingerprint density at radius 2 is 1.95 bits per heavy atom. The van der Waals surface area contributed by atoms with Crippen molar-refractivity contribution in [3.05, 3.63) is 30.0 Å². The number of ether oxygens (including phenoxy) is 2. The molecule has 0 amide bonds. The fraction of sp³-hybridized carbons (Fsp3) is 0.333. The fourth-order valence-electron chi connectivity index (χ4n) is 1.58. The molecule has 0 spiro atoms. The number of rotatable bonds is 4. The average molecular weight is 316 g/mol. The molecular weight excluding hydrogens is 305 g/mol. The summed E-state index contributed by atoms with van der Waals surface area (Å²) in [6, 6.07) is 0. The predicted octanol–water partition coefficient (Wildman–Crippen LogP) is 1.87. The number of carbonyl (C=O) groups excluding carboxylic acids is 1. The highest BCUT2D eigenvalue weighted by Crippen LogP contribution is 2.26. The zero-order chi connectivity index (χ0) is 16.3. The van der Waals surface area contributed by atoms with Crippen molar-refractivity contribution in [3.8, 4) is 11.6 Å². The molecule has 0 aliphatic rings. The highest BCUT2D eigenvalue weighted by Gasteiger charge is 2.34. The van der Waals surface area contributed by atoms with Crippen LogP contribution in [0.4, 0.5) is 13.2 Å². The zero-order valence-electron chi connectivity index (χ0n) is 11.6. The molecule has 0 aliphatic carbocycles. The van der Waals surface area contributed by atoms with E-state index in [2.05, 4.69) is 15.1 Å². The number of aromatic nitrogens is 4. The number of alkyl halides is 3. The molecule has 0 saturated carbocycles. The third-order valence-electron chi connectivity index (χ3n) is 2.53. The Labute approximate surface area is 122 Å². The number of carbonyl (C=O) groups is 1. The molecule has 118 valence electrons. The predicted molar refractivity (Wildman–Crippen MR) is 66.7 cm³/mol. The average Bonchev–Trinajstić information content (AvgIpc) is 2.91. The van der Waals surface area contributed by atoms with E-state index in [0.717, 1.165) is 17.1 Å². The quantitative estimate of drug-likeness (QED) is 0.801. The van der Waals surface area contributed by atoms with Gasteiger partial charge in [0.25, 0.3) is 0 Å². The summed E-state index contributed by atoms with van der Waals surface area (Å²) in [5.41, 5.74) is 0.186. The first-order chi connectivity index (χ1) is 10.4. The number of hydrogen-bond acceptors (Lipinski definition) is 6. The third-order valence-corrected chi connectivity index (χ3v) is 2.53. The summed E-state index contributed by atoms with van der Waals surface area (Å²) in [6.45, 7) is 1.80. The van der Waals surface area contributed by atoms with Crippen molar-refractivity contribution in [2.45, 2.75) is 13.1 Å². The summed E-state index contributed by atoms with van der Waals surface area (Å²) >= 11 is 0. The minimum Gasteiger partial charge on any atom is -0.479 e. The van der Waals surface area contributed by atoms with Gasteiger partial charge in [-0.25, -0.2) is 19.4 Å². The highest BCUT2D eigenvalue weighted by molar-refractivity contribution is 5.91. The maximum atomic E-state index is 12.4. The minimum absolute atomic E-state index is 0.0154. The van der Waals surface area contributed by atoms with E-state index in [1.165, 1.54) is 13.3 Å². The van der Waals surface area contributed by atoms with Gasteiger partial charge >= 0.3 is 12.1 Å². The molecule has 22 heavy (non-hydrogen) atoms. The van der Waals surface area contributed by atoms with Gasteiger partial charge in [-0.1, -0.05) is 0 Å². The van der Waals surface area contributed by atoms with E-state index >= 15 is 0 Å². The zero-order valence-corrected chi connectivity index (χ0v) is 11.6. The molecule has 0 fully saturated rings. The summed E-state index contributed by atoms with van der Waals surface area (Å²) in [4.78, 5) is 18.2. The van der Waals surface area contributed by atoms with Crippen molar-refractivity contribution < 1.29 is 27.4 Å². The molecule has 0 N–H and O–H groups in total. The summed E-state index contributed by atoms with van der Waals surface area (Å²) in [6.07, 6.45) is -1.48. The van der Waals surface area contributed by atoms with E-state index in [-0.39, 0.29) is 23.7 Å². The van der Waals surface area contributed by atoms with E-state index in [9.17, 15) is 18.0 Å². The first-order valence-electron chi connectivity index (χ1n) is 6.07. The normalized spacial score (nSPS) is 11.3. The van der Waals surface area contributed by atoms with Crippen molar-refractivity contribution in [2.75, 3.05) is 13.7 Å². The molecule has 7 nitrogen and oxygen atoms in total. The van der Waals surface area contributed by atoms with Crippen LogP contribution in [0.25, 0.3) is 5.69 Å². The van der Waals surface area contributed by atoms with Crippen LogP contribution in [-0.2, 0) is 10.9 Å². The number of nitrogens with zero attached hydrogens (tertiary/aromatic N) is 4. The van der Waals surface area contributed by atoms with Gasteiger partial charge in [0.15, 0.2) is 0 Å². The Kier molecular flexibility index (Phi) is 4.29. The Morgan fingerprint density at radius 3 is 2.45 bits per heavy atom. The number of methoxy groups -OCH3 is 1. The van der Waals surface area contributed by atoms with Gasteiger partial charge in [0, 0.05) is 6.20 Å². The molecule has 10 heteroatoms. The van der Waals surface area contributed by atoms with Crippen molar-refractivity contribution in [2.24, 2.45) is 0 Å². The molecule has 0 aliphatic heterocycles. The van der Waals surface area contributed by atoms with Crippen LogP contribution in [0, 0.1) is 0 Å². The van der Waals surface area contributed by atoms with Crippen LogP contribution in [-0.4, -0.2) is 39.4 Å². The summed E-state index contributed by atoms with van der Waals surface area (Å²) < 4.78 is 48.1. The Hall–Kier alpha value is -2.65. The maximum Gasteiger partial charge on any atom is 0.451 e. The first kappa shape index (κ1) is 15.7. The van der Waals surface area contributed by atoms with Crippen LogP contribution in [0.3, 0.4) is 0 Å². The van der Waals surface area contributed by atoms with Crippen LogP contribution in [0.2, 0.25) is 0 Å². The van der Waals surface area contributed by atoms with Crippen LogP contribution in [0.15, 0.2) is 18.6 Å². The smallest absolute Gasteiger partial charge is 0.451 e. The first-order valence-corrected chi connectivity index (χ1v) is 6.07. The SMILES string of the molecule is CCOC(=O)c1cn(-c2cnc(C(F)(F)F)nc2)nc1OC. The van der Waals surface area contributed by atoms with Crippen molar-refractivity contribution in [3.63, 3.8) is 0 Å². The van der Waals surface area contributed by atoms with E-state index in [4.69, 9.17) is 9.47 Å². The molecule has 0 unspecified atom stereocenters. The van der Waals surface area contributed by atoms with Gasteiger partial charge in [-0.05, 0) is 6.92 Å². The van der Waals surface area contributed by atoms with Crippen molar-refractivity contribution in [1.29, 1.82) is 0 Å². The lowest BCUT2D eigenvalue weighted by molar-refractivity contribution is -0.145. The Bertz CT molecular complexity index is 667. The third kappa shape index (κ3) is 3.15. The van der Waals surface area contributed by atoms with Crippen LogP contribution in [0.1, 0.15) is 23.1 Å². The lowest BCUT2D eigenvalue weighted by atomic mass is 10.3. The van der Waals surface area contributed by atoms with Crippen LogP contribution in [0.5, 0.6) is 5.88 Å². The van der Waals surface area contributed by atoms with Crippen LogP contribution >= 0.6 is 0 Å². The number of halogens is 3. The molecule has 0 atom stereocenters. The second kappa shape index (κ2) is 6.00. The molecule has 2 rings (SSSR count). The molecule has 2 aromatic rings. The molecular formula is C12H11F3N4O3.